The quantitative estimate of drug-likeness (QED) is 0.402. The van der Waals surface area contributed by atoms with E-state index in [1.165, 1.54) is 8.80 Å². The molecule has 0 bridgehead atoms. The van der Waals surface area contributed by atoms with E-state index in [1.54, 1.807) is 0 Å². The van der Waals surface area contributed by atoms with Gasteiger partial charge in [-0.05, 0) is 0 Å². The summed E-state index contributed by atoms with van der Waals surface area (Å²) >= 11 is 0.556. The van der Waals surface area contributed by atoms with Crippen LogP contribution in [0.25, 0.3) is 0 Å². The molecule has 0 amide bonds. The summed E-state index contributed by atoms with van der Waals surface area (Å²) in [5.74, 6) is 0. The molecular weight excluding hydrogens is 273 g/mol. The molecule has 0 N–H and O–H groups in total. The fourth-order valence-electron chi connectivity index (χ4n) is 0. The molecule has 4 heavy (non-hydrogen) atoms. The molecule has 0 fully saturated rings. The first-order valence-corrected chi connectivity index (χ1v) is 8.49. The van der Waals surface area contributed by atoms with E-state index in [9.17, 15) is 0 Å². The number of rotatable bonds is 0. The molecule has 0 nitrogen and oxygen atoms in total. The first-order valence-electron chi connectivity index (χ1n) is 1.41. The van der Waals surface area contributed by atoms with E-state index in [0.29, 0.717) is 14.4 Å². The van der Waals surface area contributed by atoms with Crippen molar-refractivity contribution in [1.29, 1.82) is 0 Å². The first kappa shape index (κ1) is 9.22. The van der Waals surface area contributed by atoms with E-state index in [0.717, 1.165) is 0 Å². The van der Waals surface area contributed by atoms with Crippen LogP contribution < -0.4 is 0 Å². The molecule has 0 aromatic carbocycles. The van der Waals surface area contributed by atoms with Crippen molar-refractivity contribution in [2.24, 2.45) is 0 Å². The molecule has 0 atom stereocenters. The van der Waals surface area contributed by atoms with Gasteiger partial charge in [-0.2, -0.15) is 0 Å². The van der Waals surface area contributed by atoms with Crippen LogP contribution in [0.15, 0.2) is 0 Å². The topological polar surface area (TPSA) is 0 Å². The standard InChI is InChI=1S/Al.BH2.Pb.H3Si.3H/h;1H2;;1H3;;;/q-1;+1;;;;;. The average molecular weight is 281 g/mol. The molecule has 0 aromatic heterocycles. The number of hydrogen-bond donors (Lipinski definition) is 0. The van der Waals surface area contributed by atoms with Crippen LogP contribution in [-0.4, -0.2) is 57.1 Å². The van der Waals surface area contributed by atoms with E-state index in [-0.39, 0.29) is 27.3 Å². The summed E-state index contributed by atoms with van der Waals surface area (Å²) in [5.41, 5.74) is 0. The summed E-state index contributed by atoms with van der Waals surface area (Å²) in [6, 6.07) is 0. The van der Waals surface area contributed by atoms with Crippen molar-refractivity contribution >= 4 is 57.1 Å². The van der Waals surface area contributed by atoms with E-state index >= 15 is 0 Å². The van der Waals surface area contributed by atoms with Crippen LogP contribution in [0.5, 0.6) is 0 Å². The van der Waals surface area contributed by atoms with Crippen LogP contribution in [0.3, 0.4) is 0 Å². The van der Waals surface area contributed by atoms with Crippen molar-refractivity contribution < 1.29 is 0 Å². The molecule has 0 aromatic rings. The normalized spacial score (nSPS) is 4.00. The molecule has 0 spiro atoms. The third-order valence-electron chi connectivity index (χ3n) is 0. The SMILES string of the molecule is [BH2][AlH][SiH3].[PbH2]. The molecular formula is H8AlBPbSi. The van der Waals surface area contributed by atoms with Gasteiger partial charge in [0.1, 0.15) is 0 Å². The van der Waals surface area contributed by atoms with E-state index in [2.05, 4.69) is 6.62 Å². The van der Waals surface area contributed by atoms with Crippen molar-refractivity contribution in [2.75, 3.05) is 0 Å². The van der Waals surface area contributed by atoms with Crippen LogP contribution in [0.4, 0.5) is 0 Å². The van der Waals surface area contributed by atoms with Crippen LogP contribution >= 0.6 is 0 Å². The summed E-state index contributed by atoms with van der Waals surface area (Å²) in [4.78, 5) is 0. The Hall–Kier alpha value is 1.74. The molecule has 0 heterocycles. The molecule has 0 aliphatic carbocycles. The summed E-state index contributed by atoms with van der Waals surface area (Å²) in [5, 5.41) is 0. The Morgan fingerprint density at radius 1 is 1.75 bits per heavy atom. The van der Waals surface area contributed by atoms with E-state index in [1.807, 2.05) is 0 Å². The van der Waals surface area contributed by atoms with Crippen molar-refractivity contribution in [3.8, 4) is 0 Å². The van der Waals surface area contributed by atoms with Gasteiger partial charge in [0.05, 0.1) is 0 Å². The summed E-state index contributed by atoms with van der Waals surface area (Å²) in [6.45, 7) is 2.33. The molecule has 4 heteroatoms. The Labute approximate surface area is 56.7 Å². The maximum atomic E-state index is 2.33. The molecule has 0 aliphatic rings. The van der Waals surface area contributed by atoms with Gasteiger partial charge in [0, 0.05) is 6.62 Å². The number of hydrogen-bond acceptors (Lipinski definition) is 0. The predicted molar refractivity (Wildman–Crippen MR) is 34.2 cm³/mol. The molecule has 2 radical (unpaired) electrons. The van der Waals surface area contributed by atoms with Gasteiger partial charge in [-0.15, -0.1) is 0 Å². The zero-order valence-corrected chi connectivity index (χ0v) is 12.3. The van der Waals surface area contributed by atoms with Crippen molar-refractivity contribution in [3.05, 3.63) is 0 Å². The van der Waals surface area contributed by atoms with Crippen molar-refractivity contribution in [2.45, 2.75) is 0 Å². The van der Waals surface area contributed by atoms with Gasteiger partial charge in [0.2, 0.25) is 0 Å². The minimum atomic E-state index is 0. The zero-order valence-electron chi connectivity index (χ0n) is 3.41. The predicted octanol–water partition coefficient (Wildman–Crippen LogP) is -3.66. The van der Waals surface area contributed by atoms with Gasteiger partial charge in [-0.3, -0.25) is 0 Å². The average Bonchev–Trinajstić information content (AvgIpc) is 0.918. The van der Waals surface area contributed by atoms with Gasteiger partial charge in [-0.1, -0.05) is 8.80 Å². The van der Waals surface area contributed by atoms with Gasteiger partial charge < -0.3 is 0 Å². The molecule has 0 unspecified atom stereocenters. The second kappa shape index (κ2) is 8.83. The second-order valence-electron chi connectivity index (χ2n) is 0.707. The Kier molecular flexibility index (Phi) is 20.3. The van der Waals surface area contributed by atoms with E-state index in [4.69, 9.17) is 0 Å². The zero-order chi connectivity index (χ0) is 2.71. The molecule has 22 valence electrons. The Morgan fingerprint density at radius 3 is 1.75 bits per heavy atom. The molecule has 0 saturated heterocycles. The summed E-state index contributed by atoms with van der Waals surface area (Å²) in [6.07, 6.45) is 0. The van der Waals surface area contributed by atoms with Gasteiger partial charge in [0.25, 0.3) is 0 Å². The van der Waals surface area contributed by atoms with Crippen LogP contribution in [-0.2, 0) is 0 Å². The second-order valence-corrected chi connectivity index (χ2v) is 6.36. The first-order chi connectivity index (χ1) is 1.41. The third kappa shape index (κ3) is 9.28. The van der Waals surface area contributed by atoms with E-state index < -0.39 is 0 Å². The molecule has 0 aliphatic heterocycles. The Morgan fingerprint density at radius 2 is 1.75 bits per heavy atom. The Balaban J connectivity index is 0. The van der Waals surface area contributed by atoms with Crippen LogP contribution in [0.1, 0.15) is 0 Å². The fraction of sp³-hybridized carbons (Fsp3) is 0. The van der Waals surface area contributed by atoms with Gasteiger partial charge in [-0.25, -0.2) is 0 Å². The van der Waals surface area contributed by atoms with Crippen LogP contribution in [0, 0.1) is 0 Å². The third-order valence-corrected chi connectivity index (χ3v) is 0. The molecule has 0 saturated carbocycles. The van der Waals surface area contributed by atoms with Gasteiger partial charge >= 0.3 is 27.3 Å². The van der Waals surface area contributed by atoms with Crippen molar-refractivity contribution in [1.82, 2.24) is 0 Å². The van der Waals surface area contributed by atoms with Gasteiger partial charge in [0.15, 0.2) is 14.4 Å². The monoisotopic (exact) mass is 282 g/mol. The van der Waals surface area contributed by atoms with Crippen LogP contribution in [0.2, 0.25) is 0 Å². The maximum absolute atomic E-state index is 2.33. The fourth-order valence-corrected chi connectivity index (χ4v) is 0. The Bertz CT molecular complexity index is 8.00. The summed E-state index contributed by atoms with van der Waals surface area (Å²) < 4.78 is 0. The minimum absolute atomic E-state index is 0. The summed E-state index contributed by atoms with van der Waals surface area (Å²) in [7, 11) is 1.51. The van der Waals surface area contributed by atoms with Crippen molar-refractivity contribution in [3.63, 3.8) is 0 Å². The molecule has 0 rings (SSSR count).